The standard InChI is InChI=1S/C15H15BrN2O3/c1-9-7-13(17-8-10(9)16)18-15(19)14-11(20-2)5-4-6-12(14)21-3/h4-8H,1-3H3,(H,17,18,19). The Morgan fingerprint density at radius 2 is 1.86 bits per heavy atom. The Balaban J connectivity index is 2.34. The van der Waals surface area contributed by atoms with E-state index >= 15 is 0 Å². The van der Waals surface area contributed by atoms with Crippen molar-refractivity contribution in [2.45, 2.75) is 6.92 Å². The van der Waals surface area contributed by atoms with E-state index in [0.29, 0.717) is 22.9 Å². The van der Waals surface area contributed by atoms with E-state index in [4.69, 9.17) is 9.47 Å². The molecule has 1 N–H and O–H groups in total. The van der Waals surface area contributed by atoms with Crippen molar-refractivity contribution in [1.82, 2.24) is 4.98 Å². The van der Waals surface area contributed by atoms with Gasteiger partial charge < -0.3 is 14.8 Å². The van der Waals surface area contributed by atoms with Crippen molar-refractivity contribution in [1.29, 1.82) is 0 Å². The first-order valence-corrected chi connectivity index (χ1v) is 7.00. The zero-order valence-corrected chi connectivity index (χ0v) is 13.5. The third-order valence-corrected chi connectivity index (χ3v) is 3.77. The molecular formula is C15H15BrN2O3. The van der Waals surface area contributed by atoms with Crippen LogP contribution in [0, 0.1) is 6.92 Å². The highest BCUT2D eigenvalue weighted by Gasteiger charge is 2.18. The van der Waals surface area contributed by atoms with Crippen LogP contribution >= 0.6 is 15.9 Å². The molecule has 0 bridgehead atoms. The number of methoxy groups -OCH3 is 2. The number of ether oxygens (including phenoxy) is 2. The smallest absolute Gasteiger partial charge is 0.264 e. The molecule has 6 heteroatoms. The number of carbonyl (C=O) groups is 1. The second-order valence-electron chi connectivity index (χ2n) is 4.31. The largest absolute Gasteiger partial charge is 0.496 e. The maximum atomic E-state index is 12.4. The van der Waals surface area contributed by atoms with Crippen molar-refractivity contribution in [3.05, 3.63) is 46.1 Å². The van der Waals surface area contributed by atoms with Crippen LogP contribution in [0.15, 0.2) is 34.9 Å². The van der Waals surface area contributed by atoms with Crippen LogP contribution in [0.25, 0.3) is 0 Å². The Labute approximate surface area is 131 Å². The lowest BCUT2D eigenvalue weighted by molar-refractivity contribution is 0.102. The summed E-state index contributed by atoms with van der Waals surface area (Å²) in [5.74, 6) is 1.02. The van der Waals surface area contributed by atoms with Gasteiger partial charge >= 0.3 is 0 Å². The average Bonchev–Trinajstić information content (AvgIpc) is 2.49. The quantitative estimate of drug-likeness (QED) is 0.917. The van der Waals surface area contributed by atoms with Gasteiger partial charge in [0.2, 0.25) is 0 Å². The molecule has 0 aliphatic rings. The second kappa shape index (κ2) is 6.58. The zero-order chi connectivity index (χ0) is 15.4. The van der Waals surface area contributed by atoms with Gasteiger partial charge in [-0.25, -0.2) is 4.98 Å². The van der Waals surface area contributed by atoms with E-state index in [9.17, 15) is 4.79 Å². The molecule has 21 heavy (non-hydrogen) atoms. The normalized spacial score (nSPS) is 10.1. The van der Waals surface area contributed by atoms with Gasteiger partial charge in [0, 0.05) is 10.7 Å². The second-order valence-corrected chi connectivity index (χ2v) is 5.16. The summed E-state index contributed by atoms with van der Waals surface area (Å²) in [5, 5.41) is 2.74. The predicted octanol–water partition coefficient (Wildman–Crippen LogP) is 3.42. The van der Waals surface area contributed by atoms with Crippen molar-refractivity contribution in [2.24, 2.45) is 0 Å². The van der Waals surface area contributed by atoms with Crippen LogP contribution in [0.3, 0.4) is 0 Å². The van der Waals surface area contributed by atoms with Crippen LogP contribution in [0.1, 0.15) is 15.9 Å². The lowest BCUT2D eigenvalue weighted by Crippen LogP contribution is -2.15. The van der Waals surface area contributed by atoms with Gasteiger partial charge in [-0.15, -0.1) is 0 Å². The molecule has 0 unspecified atom stereocenters. The van der Waals surface area contributed by atoms with Crippen molar-refractivity contribution >= 4 is 27.7 Å². The van der Waals surface area contributed by atoms with Crippen LogP contribution < -0.4 is 14.8 Å². The molecule has 1 amide bonds. The number of anilines is 1. The maximum absolute atomic E-state index is 12.4. The molecule has 1 aromatic heterocycles. The van der Waals surface area contributed by atoms with Crippen LogP contribution in [-0.4, -0.2) is 25.1 Å². The van der Waals surface area contributed by atoms with Gasteiger partial charge in [0.25, 0.3) is 5.91 Å². The van der Waals surface area contributed by atoms with E-state index in [2.05, 4.69) is 26.2 Å². The minimum absolute atomic E-state index is 0.335. The highest BCUT2D eigenvalue weighted by Crippen LogP contribution is 2.29. The summed E-state index contributed by atoms with van der Waals surface area (Å²) in [5.41, 5.74) is 1.32. The third kappa shape index (κ3) is 3.33. The summed E-state index contributed by atoms with van der Waals surface area (Å²) >= 11 is 3.37. The Morgan fingerprint density at radius 1 is 1.24 bits per heavy atom. The number of hydrogen-bond acceptors (Lipinski definition) is 4. The lowest BCUT2D eigenvalue weighted by atomic mass is 10.1. The molecule has 0 saturated heterocycles. The van der Waals surface area contributed by atoms with Gasteiger partial charge in [0.15, 0.2) is 0 Å². The SMILES string of the molecule is COc1cccc(OC)c1C(=O)Nc1cc(C)c(Br)cn1. The number of aryl methyl sites for hydroxylation is 1. The Bertz CT molecular complexity index is 652. The molecule has 2 rings (SSSR count). The number of carbonyl (C=O) groups excluding carboxylic acids is 1. The number of benzene rings is 1. The minimum Gasteiger partial charge on any atom is -0.496 e. The van der Waals surface area contributed by atoms with E-state index < -0.39 is 0 Å². The molecule has 0 radical (unpaired) electrons. The molecule has 1 aromatic carbocycles. The van der Waals surface area contributed by atoms with E-state index in [1.165, 1.54) is 14.2 Å². The molecule has 2 aromatic rings. The van der Waals surface area contributed by atoms with Crippen molar-refractivity contribution in [3.8, 4) is 11.5 Å². The van der Waals surface area contributed by atoms with Gasteiger partial charge in [-0.1, -0.05) is 6.07 Å². The summed E-state index contributed by atoms with van der Waals surface area (Å²) < 4.78 is 11.3. The first-order chi connectivity index (χ1) is 10.1. The fourth-order valence-electron chi connectivity index (χ4n) is 1.86. The van der Waals surface area contributed by atoms with E-state index in [0.717, 1.165) is 10.0 Å². The first kappa shape index (κ1) is 15.3. The molecule has 110 valence electrons. The number of rotatable bonds is 4. The summed E-state index contributed by atoms with van der Waals surface area (Å²) in [6.07, 6.45) is 1.64. The molecule has 0 aliphatic heterocycles. The summed E-state index contributed by atoms with van der Waals surface area (Å²) in [6.45, 7) is 1.92. The molecule has 5 nitrogen and oxygen atoms in total. The van der Waals surface area contributed by atoms with Gasteiger partial charge in [-0.3, -0.25) is 4.79 Å². The number of amides is 1. The monoisotopic (exact) mass is 350 g/mol. The Morgan fingerprint density at radius 3 is 2.38 bits per heavy atom. The highest BCUT2D eigenvalue weighted by atomic mass is 79.9. The first-order valence-electron chi connectivity index (χ1n) is 6.21. The van der Waals surface area contributed by atoms with E-state index in [-0.39, 0.29) is 5.91 Å². The van der Waals surface area contributed by atoms with Crippen molar-refractivity contribution < 1.29 is 14.3 Å². The molecule has 0 fully saturated rings. The molecular weight excluding hydrogens is 336 g/mol. The number of halogens is 1. The number of nitrogens with zero attached hydrogens (tertiary/aromatic N) is 1. The maximum Gasteiger partial charge on any atom is 0.264 e. The minimum atomic E-state index is -0.335. The number of hydrogen-bond donors (Lipinski definition) is 1. The van der Waals surface area contributed by atoms with Gasteiger partial charge in [-0.05, 0) is 46.6 Å². The van der Waals surface area contributed by atoms with Crippen molar-refractivity contribution in [2.75, 3.05) is 19.5 Å². The number of nitrogens with one attached hydrogen (secondary N) is 1. The average molecular weight is 351 g/mol. The fraction of sp³-hybridized carbons (Fsp3) is 0.200. The molecule has 0 atom stereocenters. The van der Waals surface area contributed by atoms with Crippen LogP contribution in [0.4, 0.5) is 5.82 Å². The summed E-state index contributed by atoms with van der Waals surface area (Å²) in [7, 11) is 3.02. The van der Waals surface area contributed by atoms with Gasteiger partial charge in [0.05, 0.1) is 14.2 Å². The van der Waals surface area contributed by atoms with Crippen LogP contribution in [0.5, 0.6) is 11.5 Å². The Hall–Kier alpha value is -2.08. The van der Waals surface area contributed by atoms with Crippen LogP contribution in [0.2, 0.25) is 0 Å². The lowest BCUT2D eigenvalue weighted by Gasteiger charge is -2.13. The molecule has 1 heterocycles. The van der Waals surface area contributed by atoms with Crippen molar-refractivity contribution in [3.63, 3.8) is 0 Å². The summed E-state index contributed by atoms with van der Waals surface area (Å²) in [6, 6.07) is 6.95. The predicted molar refractivity (Wildman–Crippen MR) is 84.2 cm³/mol. The number of pyridine rings is 1. The zero-order valence-electron chi connectivity index (χ0n) is 11.9. The van der Waals surface area contributed by atoms with E-state index in [1.54, 1.807) is 30.5 Å². The molecule has 0 spiro atoms. The van der Waals surface area contributed by atoms with Gasteiger partial charge in [0.1, 0.15) is 22.9 Å². The highest BCUT2D eigenvalue weighted by molar-refractivity contribution is 9.10. The van der Waals surface area contributed by atoms with Gasteiger partial charge in [-0.2, -0.15) is 0 Å². The third-order valence-electron chi connectivity index (χ3n) is 2.94. The van der Waals surface area contributed by atoms with Crippen LogP contribution in [-0.2, 0) is 0 Å². The molecule has 0 saturated carbocycles. The number of aromatic nitrogens is 1. The van der Waals surface area contributed by atoms with E-state index in [1.807, 2.05) is 6.92 Å². The Kier molecular flexibility index (Phi) is 4.80. The fourth-order valence-corrected chi connectivity index (χ4v) is 2.08. The topological polar surface area (TPSA) is 60.5 Å². The molecule has 0 aliphatic carbocycles. The summed E-state index contributed by atoms with van der Waals surface area (Å²) in [4.78, 5) is 16.6.